The molecule has 0 spiro atoms. The van der Waals surface area contributed by atoms with E-state index in [0.717, 1.165) is 57.4 Å². The van der Waals surface area contributed by atoms with Gasteiger partial charge in [-0.25, -0.2) is 9.97 Å². The smallest absolute Gasteiger partial charge is 0.240 e. The van der Waals surface area contributed by atoms with Crippen LogP contribution in [0.5, 0.6) is 0 Å². The Kier molecular flexibility index (Phi) is 4.29. The first-order valence-electron chi connectivity index (χ1n) is 8.61. The van der Waals surface area contributed by atoms with Gasteiger partial charge in [-0.2, -0.15) is 4.98 Å². The summed E-state index contributed by atoms with van der Waals surface area (Å²) in [6.45, 7) is 8.60. The van der Waals surface area contributed by atoms with Gasteiger partial charge in [0.05, 0.1) is 6.54 Å². The molecule has 0 amide bonds. The van der Waals surface area contributed by atoms with Crippen LogP contribution in [-0.4, -0.2) is 64.3 Å². The SMILES string of the molecule is Cc1noc(CN2CCN(c3cc(N4CCCC4)ncn3)CC2)n1. The molecular formula is C16H23N7O. The van der Waals surface area contributed by atoms with E-state index >= 15 is 0 Å². The maximum absolute atomic E-state index is 5.21. The number of nitrogens with zero attached hydrogens (tertiary/aromatic N) is 7. The maximum Gasteiger partial charge on any atom is 0.240 e. The van der Waals surface area contributed by atoms with Crippen molar-refractivity contribution in [2.24, 2.45) is 0 Å². The highest BCUT2D eigenvalue weighted by Crippen LogP contribution is 2.22. The zero-order valence-electron chi connectivity index (χ0n) is 14.1. The summed E-state index contributed by atoms with van der Waals surface area (Å²) in [6.07, 6.45) is 4.21. The molecule has 128 valence electrons. The first-order valence-corrected chi connectivity index (χ1v) is 8.61. The summed E-state index contributed by atoms with van der Waals surface area (Å²) < 4.78 is 5.21. The molecule has 2 aliphatic rings. The summed E-state index contributed by atoms with van der Waals surface area (Å²) in [7, 11) is 0. The van der Waals surface area contributed by atoms with Crippen LogP contribution in [0.2, 0.25) is 0 Å². The molecule has 0 N–H and O–H groups in total. The lowest BCUT2D eigenvalue weighted by molar-refractivity contribution is 0.215. The first kappa shape index (κ1) is 15.3. The summed E-state index contributed by atoms with van der Waals surface area (Å²) >= 11 is 0. The number of anilines is 2. The van der Waals surface area contributed by atoms with Gasteiger partial charge < -0.3 is 14.3 Å². The van der Waals surface area contributed by atoms with Gasteiger partial charge >= 0.3 is 0 Å². The van der Waals surface area contributed by atoms with E-state index in [4.69, 9.17) is 4.52 Å². The number of hydrogen-bond donors (Lipinski definition) is 0. The fourth-order valence-electron chi connectivity index (χ4n) is 3.36. The molecule has 0 unspecified atom stereocenters. The third-order valence-corrected chi connectivity index (χ3v) is 4.69. The molecule has 4 rings (SSSR count). The van der Waals surface area contributed by atoms with E-state index < -0.39 is 0 Å². The van der Waals surface area contributed by atoms with Crippen LogP contribution in [0.25, 0.3) is 0 Å². The second-order valence-electron chi connectivity index (χ2n) is 6.43. The Bertz CT molecular complexity index is 675. The number of aryl methyl sites for hydroxylation is 1. The van der Waals surface area contributed by atoms with Gasteiger partial charge in [-0.3, -0.25) is 4.90 Å². The molecule has 0 radical (unpaired) electrons. The van der Waals surface area contributed by atoms with E-state index in [1.165, 1.54) is 12.8 Å². The highest BCUT2D eigenvalue weighted by atomic mass is 16.5. The molecule has 0 aromatic carbocycles. The number of hydrogen-bond acceptors (Lipinski definition) is 8. The van der Waals surface area contributed by atoms with Crippen LogP contribution in [0, 0.1) is 6.92 Å². The van der Waals surface area contributed by atoms with Gasteiger partial charge in [-0.05, 0) is 19.8 Å². The van der Waals surface area contributed by atoms with Gasteiger partial charge in [0.25, 0.3) is 0 Å². The largest absolute Gasteiger partial charge is 0.356 e. The molecule has 0 atom stereocenters. The Labute approximate surface area is 141 Å². The van der Waals surface area contributed by atoms with Crippen LogP contribution in [0.1, 0.15) is 24.6 Å². The van der Waals surface area contributed by atoms with E-state index in [9.17, 15) is 0 Å². The average Bonchev–Trinajstić information content (AvgIpc) is 3.28. The van der Waals surface area contributed by atoms with Gasteiger partial charge in [0.2, 0.25) is 5.89 Å². The second kappa shape index (κ2) is 6.72. The molecule has 8 nitrogen and oxygen atoms in total. The molecule has 4 heterocycles. The average molecular weight is 329 g/mol. The molecule has 0 bridgehead atoms. The zero-order chi connectivity index (χ0) is 16.4. The monoisotopic (exact) mass is 329 g/mol. The summed E-state index contributed by atoms with van der Waals surface area (Å²) in [5.74, 6) is 3.47. The maximum atomic E-state index is 5.21. The standard InChI is InChI=1S/C16H23N7O/c1-13-19-16(24-20-13)11-21-6-8-23(9-7-21)15-10-14(17-12-18-15)22-4-2-3-5-22/h10,12H,2-9,11H2,1H3. The summed E-state index contributed by atoms with van der Waals surface area (Å²) in [4.78, 5) is 20.2. The summed E-state index contributed by atoms with van der Waals surface area (Å²) in [5, 5.41) is 3.85. The van der Waals surface area contributed by atoms with Crippen molar-refractivity contribution >= 4 is 11.6 Å². The Morgan fingerprint density at radius 2 is 1.62 bits per heavy atom. The summed E-state index contributed by atoms with van der Waals surface area (Å²) in [5.41, 5.74) is 0. The van der Waals surface area contributed by atoms with Crippen LogP contribution in [0.15, 0.2) is 16.9 Å². The third kappa shape index (κ3) is 3.33. The minimum atomic E-state index is 0.694. The Morgan fingerprint density at radius 3 is 2.25 bits per heavy atom. The van der Waals surface area contributed by atoms with Crippen molar-refractivity contribution in [3.05, 3.63) is 24.1 Å². The lowest BCUT2D eigenvalue weighted by atomic mass is 10.3. The van der Waals surface area contributed by atoms with Crippen LogP contribution in [-0.2, 0) is 6.54 Å². The van der Waals surface area contributed by atoms with Crippen molar-refractivity contribution in [3.8, 4) is 0 Å². The van der Waals surface area contributed by atoms with Crippen LogP contribution in [0.4, 0.5) is 11.6 Å². The van der Waals surface area contributed by atoms with E-state index in [0.29, 0.717) is 11.7 Å². The molecule has 2 fully saturated rings. The fourth-order valence-corrected chi connectivity index (χ4v) is 3.36. The van der Waals surface area contributed by atoms with Gasteiger partial charge in [-0.1, -0.05) is 5.16 Å². The third-order valence-electron chi connectivity index (χ3n) is 4.69. The predicted molar refractivity (Wildman–Crippen MR) is 90.0 cm³/mol. The van der Waals surface area contributed by atoms with Gasteiger partial charge in [0, 0.05) is 45.3 Å². The van der Waals surface area contributed by atoms with Crippen LogP contribution < -0.4 is 9.80 Å². The number of piperazine rings is 1. The minimum Gasteiger partial charge on any atom is -0.356 e. The van der Waals surface area contributed by atoms with Gasteiger partial charge in [0.15, 0.2) is 5.82 Å². The van der Waals surface area contributed by atoms with E-state index in [1.807, 2.05) is 6.92 Å². The topological polar surface area (TPSA) is 74.4 Å². The predicted octanol–water partition coefficient (Wildman–Crippen LogP) is 1.09. The second-order valence-corrected chi connectivity index (χ2v) is 6.43. The van der Waals surface area contributed by atoms with Crippen molar-refractivity contribution in [3.63, 3.8) is 0 Å². The Balaban J connectivity index is 1.36. The van der Waals surface area contributed by atoms with E-state index in [1.54, 1.807) is 6.33 Å². The van der Waals surface area contributed by atoms with Gasteiger partial charge in [-0.15, -0.1) is 0 Å². The summed E-state index contributed by atoms with van der Waals surface area (Å²) in [6, 6.07) is 2.13. The van der Waals surface area contributed by atoms with Crippen molar-refractivity contribution in [1.82, 2.24) is 25.0 Å². The quantitative estimate of drug-likeness (QED) is 0.825. The number of rotatable bonds is 4. The highest BCUT2D eigenvalue weighted by molar-refractivity contribution is 5.50. The van der Waals surface area contributed by atoms with Crippen molar-refractivity contribution < 1.29 is 4.52 Å². The molecule has 0 aliphatic carbocycles. The first-order chi connectivity index (χ1) is 11.8. The number of aromatic nitrogens is 4. The van der Waals surface area contributed by atoms with E-state index in [-0.39, 0.29) is 0 Å². The van der Waals surface area contributed by atoms with Crippen molar-refractivity contribution in [2.75, 3.05) is 49.1 Å². The highest BCUT2D eigenvalue weighted by Gasteiger charge is 2.21. The molecule has 2 aromatic heterocycles. The lowest BCUT2D eigenvalue weighted by Crippen LogP contribution is -2.46. The Hall–Kier alpha value is -2.22. The molecule has 2 aromatic rings. The molecule has 2 saturated heterocycles. The van der Waals surface area contributed by atoms with Crippen molar-refractivity contribution in [1.29, 1.82) is 0 Å². The molecule has 24 heavy (non-hydrogen) atoms. The van der Waals surface area contributed by atoms with Gasteiger partial charge in [0.1, 0.15) is 18.0 Å². The molecule has 2 aliphatic heterocycles. The van der Waals surface area contributed by atoms with Crippen LogP contribution >= 0.6 is 0 Å². The van der Waals surface area contributed by atoms with Crippen LogP contribution in [0.3, 0.4) is 0 Å². The molecular weight excluding hydrogens is 306 g/mol. The minimum absolute atomic E-state index is 0.694. The lowest BCUT2D eigenvalue weighted by Gasteiger charge is -2.34. The fraction of sp³-hybridized carbons (Fsp3) is 0.625. The van der Waals surface area contributed by atoms with Crippen molar-refractivity contribution in [2.45, 2.75) is 26.3 Å². The molecule has 8 heteroatoms. The molecule has 0 saturated carbocycles. The Morgan fingerprint density at radius 1 is 0.958 bits per heavy atom. The zero-order valence-corrected chi connectivity index (χ0v) is 14.1. The van der Waals surface area contributed by atoms with E-state index in [2.05, 4.69) is 40.9 Å². The normalized spacial score (nSPS) is 19.2.